The zero-order valence-electron chi connectivity index (χ0n) is 17.9. The van der Waals surface area contributed by atoms with Gasteiger partial charge < -0.3 is 15.0 Å². The zero-order valence-corrected chi connectivity index (χ0v) is 17.9. The highest BCUT2D eigenvalue weighted by Gasteiger charge is 2.31. The fourth-order valence-corrected chi connectivity index (χ4v) is 4.15. The Morgan fingerprint density at radius 1 is 1.27 bits per heavy atom. The minimum absolute atomic E-state index is 0.0126. The van der Waals surface area contributed by atoms with Crippen molar-refractivity contribution in [2.75, 3.05) is 52.5 Å². The van der Waals surface area contributed by atoms with Crippen molar-refractivity contribution in [3.8, 4) is 0 Å². The van der Waals surface area contributed by atoms with E-state index in [2.05, 4.69) is 22.0 Å². The van der Waals surface area contributed by atoms with Crippen molar-refractivity contribution in [2.24, 2.45) is 4.99 Å². The van der Waals surface area contributed by atoms with Crippen LogP contribution in [-0.4, -0.2) is 74.3 Å². The molecule has 1 aromatic rings. The molecule has 2 aliphatic heterocycles. The summed E-state index contributed by atoms with van der Waals surface area (Å²) >= 11 is 0. The first-order chi connectivity index (χ1) is 14.4. The number of nitrogens with one attached hydrogen (secondary N) is 1. The summed E-state index contributed by atoms with van der Waals surface area (Å²) in [7, 11) is 0. The molecule has 3 rings (SSSR count). The molecule has 168 valence electrons. The molecule has 5 nitrogen and oxygen atoms in total. The van der Waals surface area contributed by atoms with Crippen LogP contribution in [0, 0.1) is 0 Å². The third kappa shape index (κ3) is 6.11. The van der Waals surface area contributed by atoms with Gasteiger partial charge in [-0.2, -0.15) is 13.2 Å². The lowest BCUT2D eigenvalue weighted by molar-refractivity contribution is -0.137. The molecule has 1 N–H and O–H groups in total. The van der Waals surface area contributed by atoms with E-state index in [1.165, 1.54) is 12.1 Å². The fraction of sp³-hybridized carbons (Fsp3) is 0.682. The molecule has 0 radical (unpaired) electrons. The van der Waals surface area contributed by atoms with Gasteiger partial charge in [0.15, 0.2) is 5.96 Å². The second kappa shape index (κ2) is 10.5. The van der Waals surface area contributed by atoms with E-state index in [0.717, 1.165) is 64.4 Å². The molecule has 0 amide bonds. The number of ether oxygens (including phenoxy) is 1. The van der Waals surface area contributed by atoms with E-state index < -0.39 is 11.7 Å². The van der Waals surface area contributed by atoms with Crippen LogP contribution in [0.4, 0.5) is 13.2 Å². The van der Waals surface area contributed by atoms with Crippen LogP contribution in [-0.2, 0) is 10.9 Å². The normalized spacial score (nSPS) is 22.4. The van der Waals surface area contributed by atoms with Gasteiger partial charge in [-0.25, -0.2) is 0 Å². The maximum atomic E-state index is 13.0. The van der Waals surface area contributed by atoms with Gasteiger partial charge in [0.1, 0.15) is 0 Å². The molecule has 2 fully saturated rings. The van der Waals surface area contributed by atoms with Gasteiger partial charge in [-0.1, -0.05) is 25.1 Å². The number of guanidine groups is 1. The van der Waals surface area contributed by atoms with E-state index in [-0.39, 0.29) is 5.92 Å². The van der Waals surface area contributed by atoms with Gasteiger partial charge in [-0.3, -0.25) is 9.89 Å². The lowest BCUT2D eigenvalue weighted by Crippen LogP contribution is -2.46. The van der Waals surface area contributed by atoms with Gasteiger partial charge in [0, 0.05) is 45.3 Å². The number of morpholine rings is 1. The monoisotopic (exact) mass is 426 g/mol. The number of hydrogen-bond donors (Lipinski definition) is 1. The van der Waals surface area contributed by atoms with Gasteiger partial charge in [0.25, 0.3) is 0 Å². The summed E-state index contributed by atoms with van der Waals surface area (Å²) in [6.45, 7) is 10.9. The molecule has 2 saturated heterocycles. The Kier molecular flexibility index (Phi) is 7.99. The molecule has 0 bridgehead atoms. The third-order valence-corrected chi connectivity index (χ3v) is 5.97. The molecule has 2 aliphatic rings. The minimum Gasteiger partial charge on any atom is -0.379 e. The molecule has 2 unspecified atom stereocenters. The second-order valence-corrected chi connectivity index (χ2v) is 8.09. The van der Waals surface area contributed by atoms with Crippen LogP contribution in [0.5, 0.6) is 0 Å². The van der Waals surface area contributed by atoms with E-state index in [4.69, 9.17) is 9.73 Å². The van der Waals surface area contributed by atoms with Crippen molar-refractivity contribution < 1.29 is 17.9 Å². The van der Waals surface area contributed by atoms with Gasteiger partial charge in [0.05, 0.1) is 18.8 Å². The lowest BCUT2D eigenvalue weighted by atomic mass is 9.96. The van der Waals surface area contributed by atoms with E-state index in [9.17, 15) is 13.2 Å². The van der Waals surface area contributed by atoms with Crippen molar-refractivity contribution >= 4 is 5.96 Å². The van der Waals surface area contributed by atoms with Crippen LogP contribution in [0.3, 0.4) is 0 Å². The van der Waals surface area contributed by atoms with Crippen molar-refractivity contribution in [3.63, 3.8) is 0 Å². The highest BCUT2D eigenvalue weighted by atomic mass is 19.4. The fourth-order valence-electron chi connectivity index (χ4n) is 4.15. The second-order valence-electron chi connectivity index (χ2n) is 8.09. The highest BCUT2D eigenvalue weighted by Crippen LogP contribution is 2.31. The van der Waals surface area contributed by atoms with Gasteiger partial charge in [-0.15, -0.1) is 0 Å². The molecule has 30 heavy (non-hydrogen) atoms. The highest BCUT2D eigenvalue weighted by molar-refractivity contribution is 5.80. The number of likely N-dealkylation sites (tertiary alicyclic amines) is 1. The van der Waals surface area contributed by atoms with Crippen LogP contribution < -0.4 is 5.32 Å². The Morgan fingerprint density at radius 2 is 2.03 bits per heavy atom. The lowest BCUT2D eigenvalue weighted by Gasteiger charge is -2.32. The van der Waals surface area contributed by atoms with Crippen molar-refractivity contribution in [3.05, 3.63) is 35.4 Å². The Labute approximate surface area is 177 Å². The maximum absolute atomic E-state index is 13.0. The average molecular weight is 427 g/mol. The topological polar surface area (TPSA) is 40.1 Å². The average Bonchev–Trinajstić information content (AvgIpc) is 3.23. The van der Waals surface area contributed by atoms with Gasteiger partial charge >= 0.3 is 6.18 Å². The molecule has 1 aromatic carbocycles. The zero-order chi connectivity index (χ0) is 21.6. The Balaban J connectivity index is 1.56. The smallest absolute Gasteiger partial charge is 0.379 e. The number of alkyl halides is 3. The van der Waals surface area contributed by atoms with Crippen LogP contribution >= 0.6 is 0 Å². The molecular formula is C22H33F3N4O. The standard InChI is InChI=1S/C22H33F3N4O/c1-3-26-21(29-10-8-20(16-29)28-11-13-30-14-12-28)27-9-7-17(2)18-5-4-6-19(15-18)22(23,24)25/h4-6,15,17,20H,3,7-14,16H2,1-2H3,(H,26,27). The molecular weight excluding hydrogens is 393 g/mol. The number of rotatable bonds is 6. The summed E-state index contributed by atoms with van der Waals surface area (Å²) in [5, 5.41) is 3.37. The number of nitrogens with zero attached hydrogens (tertiary/aromatic N) is 3. The van der Waals surface area contributed by atoms with Crippen LogP contribution in [0.2, 0.25) is 0 Å². The molecule has 8 heteroatoms. The predicted octanol–water partition coefficient (Wildman–Crippen LogP) is 3.57. The third-order valence-electron chi connectivity index (χ3n) is 5.97. The summed E-state index contributed by atoms with van der Waals surface area (Å²) in [4.78, 5) is 9.58. The molecule has 0 aromatic heterocycles. The van der Waals surface area contributed by atoms with Gasteiger partial charge in [-0.05, 0) is 37.3 Å². The van der Waals surface area contributed by atoms with E-state index in [1.807, 2.05) is 6.92 Å². The van der Waals surface area contributed by atoms with E-state index >= 15 is 0 Å². The first kappa shape index (κ1) is 22.9. The summed E-state index contributed by atoms with van der Waals surface area (Å²) in [5.74, 6) is 0.920. The SMILES string of the molecule is CCNC(=NCCC(C)c1cccc(C(F)(F)F)c1)N1CCC(N2CCOCC2)C1. The first-order valence-corrected chi connectivity index (χ1v) is 10.9. The van der Waals surface area contributed by atoms with Crippen molar-refractivity contribution in [1.29, 1.82) is 0 Å². The molecule has 0 aliphatic carbocycles. The Bertz CT molecular complexity index is 704. The summed E-state index contributed by atoms with van der Waals surface area (Å²) < 4.78 is 44.4. The first-order valence-electron chi connectivity index (χ1n) is 10.9. The molecule has 0 saturated carbocycles. The van der Waals surface area contributed by atoms with E-state index in [0.29, 0.717) is 24.6 Å². The number of halogens is 3. The molecule has 2 heterocycles. The number of benzene rings is 1. The predicted molar refractivity (Wildman–Crippen MR) is 113 cm³/mol. The van der Waals surface area contributed by atoms with Crippen LogP contribution in [0.15, 0.2) is 29.3 Å². The quantitative estimate of drug-likeness (QED) is 0.558. The molecule has 0 spiro atoms. The van der Waals surface area contributed by atoms with Crippen molar-refractivity contribution in [1.82, 2.24) is 15.1 Å². The van der Waals surface area contributed by atoms with Crippen LogP contribution in [0.25, 0.3) is 0 Å². The Hall–Kier alpha value is -1.80. The van der Waals surface area contributed by atoms with Crippen molar-refractivity contribution in [2.45, 2.75) is 44.8 Å². The number of aliphatic imine (C=N–C) groups is 1. The molecule has 2 atom stereocenters. The number of hydrogen-bond acceptors (Lipinski definition) is 3. The Morgan fingerprint density at radius 3 is 2.73 bits per heavy atom. The summed E-state index contributed by atoms with van der Waals surface area (Å²) in [6, 6.07) is 6.16. The largest absolute Gasteiger partial charge is 0.416 e. The maximum Gasteiger partial charge on any atom is 0.416 e. The summed E-state index contributed by atoms with van der Waals surface area (Å²) in [5.41, 5.74) is 0.119. The van der Waals surface area contributed by atoms with E-state index in [1.54, 1.807) is 6.07 Å². The van der Waals surface area contributed by atoms with Crippen LogP contribution in [0.1, 0.15) is 43.7 Å². The van der Waals surface area contributed by atoms with Gasteiger partial charge in [0.2, 0.25) is 0 Å². The minimum atomic E-state index is -4.31. The summed E-state index contributed by atoms with van der Waals surface area (Å²) in [6.07, 6.45) is -2.49.